The van der Waals surface area contributed by atoms with E-state index in [0.717, 1.165) is 10.1 Å². The predicted octanol–water partition coefficient (Wildman–Crippen LogP) is 4.29. The first-order chi connectivity index (χ1) is 9.22. The molecule has 2 aromatic carbocycles. The largest absolute Gasteiger partial charge is 0.322 e. The second-order valence-corrected chi connectivity index (χ2v) is 5.09. The van der Waals surface area contributed by atoms with Crippen molar-refractivity contribution in [3.63, 3.8) is 0 Å². The fraction of sp³-hybridized carbons (Fsp3) is 0. The highest BCUT2D eigenvalue weighted by Crippen LogP contribution is 2.22. The number of thiophene rings is 1. The molecule has 0 fully saturated rings. The zero-order valence-electron chi connectivity index (χ0n) is 9.89. The van der Waals surface area contributed by atoms with Gasteiger partial charge in [0, 0.05) is 16.0 Å². The van der Waals surface area contributed by atoms with E-state index in [9.17, 15) is 9.18 Å². The summed E-state index contributed by atoms with van der Waals surface area (Å²) < 4.78 is 14.1. The maximum Gasteiger partial charge on any atom is 0.255 e. The Balaban J connectivity index is 1.87. The number of nitrogens with one attached hydrogen (secondary N) is 1. The molecular weight excluding hydrogens is 261 g/mol. The lowest BCUT2D eigenvalue weighted by Crippen LogP contribution is -2.11. The Labute approximate surface area is 113 Å². The molecule has 19 heavy (non-hydrogen) atoms. The van der Waals surface area contributed by atoms with E-state index in [2.05, 4.69) is 5.32 Å². The Hall–Kier alpha value is -2.20. The van der Waals surface area contributed by atoms with Crippen LogP contribution in [0.1, 0.15) is 10.4 Å². The van der Waals surface area contributed by atoms with Gasteiger partial charge in [0.25, 0.3) is 5.91 Å². The molecule has 4 heteroatoms. The van der Waals surface area contributed by atoms with Gasteiger partial charge >= 0.3 is 0 Å². The standard InChI is InChI=1S/C15H10FNOS/c16-12-2-1-3-13(9-12)17-15(18)11-5-4-10-6-7-19-14(10)8-11/h1-9H,(H,17,18). The average molecular weight is 271 g/mol. The Morgan fingerprint density at radius 1 is 1.11 bits per heavy atom. The van der Waals surface area contributed by atoms with Crippen LogP contribution >= 0.6 is 11.3 Å². The van der Waals surface area contributed by atoms with Gasteiger partial charge in [-0.25, -0.2) is 4.39 Å². The molecule has 0 spiro atoms. The van der Waals surface area contributed by atoms with Crippen molar-refractivity contribution in [2.24, 2.45) is 0 Å². The minimum absolute atomic E-state index is 0.235. The molecule has 0 atom stereocenters. The quantitative estimate of drug-likeness (QED) is 0.740. The minimum atomic E-state index is -0.369. The lowest BCUT2D eigenvalue weighted by atomic mass is 10.1. The maximum atomic E-state index is 13.0. The summed E-state index contributed by atoms with van der Waals surface area (Å²) in [4.78, 5) is 12.1. The van der Waals surface area contributed by atoms with Crippen LogP contribution < -0.4 is 5.32 Å². The van der Waals surface area contributed by atoms with Gasteiger partial charge in [-0.3, -0.25) is 4.79 Å². The van der Waals surface area contributed by atoms with E-state index in [1.165, 1.54) is 12.1 Å². The number of carbonyl (C=O) groups excluding carboxylic acids is 1. The van der Waals surface area contributed by atoms with Crippen molar-refractivity contribution in [3.05, 3.63) is 65.3 Å². The SMILES string of the molecule is O=C(Nc1cccc(F)c1)c1ccc2ccsc2c1. The third-order valence-electron chi connectivity index (χ3n) is 2.80. The van der Waals surface area contributed by atoms with Gasteiger partial charge in [-0.1, -0.05) is 12.1 Å². The van der Waals surface area contributed by atoms with Crippen molar-refractivity contribution < 1.29 is 9.18 Å². The molecule has 1 amide bonds. The topological polar surface area (TPSA) is 29.1 Å². The summed E-state index contributed by atoms with van der Waals surface area (Å²) in [6.07, 6.45) is 0. The summed E-state index contributed by atoms with van der Waals surface area (Å²) in [5.41, 5.74) is 1.02. The van der Waals surface area contributed by atoms with Gasteiger partial charge in [0.05, 0.1) is 0 Å². The molecule has 0 saturated carbocycles. The smallest absolute Gasteiger partial charge is 0.255 e. The number of fused-ring (bicyclic) bond motifs is 1. The molecule has 0 saturated heterocycles. The van der Waals surface area contributed by atoms with Crippen molar-refractivity contribution >= 4 is 33.0 Å². The van der Waals surface area contributed by atoms with Crippen molar-refractivity contribution in [3.8, 4) is 0 Å². The minimum Gasteiger partial charge on any atom is -0.322 e. The third-order valence-corrected chi connectivity index (χ3v) is 3.68. The van der Waals surface area contributed by atoms with Crippen molar-refractivity contribution in [2.45, 2.75) is 0 Å². The van der Waals surface area contributed by atoms with Gasteiger partial charge in [-0.2, -0.15) is 0 Å². The number of carbonyl (C=O) groups is 1. The molecule has 0 aliphatic carbocycles. The molecule has 0 aliphatic rings. The van der Waals surface area contributed by atoms with Crippen LogP contribution in [0.15, 0.2) is 53.9 Å². The highest BCUT2D eigenvalue weighted by atomic mass is 32.1. The van der Waals surface area contributed by atoms with Crippen LogP contribution in [-0.2, 0) is 0 Å². The van der Waals surface area contributed by atoms with Crippen LogP contribution in [0.25, 0.3) is 10.1 Å². The molecule has 1 heterocycles. The summed E-state index contributed by atoms with van der Waals surface area (Å²) in [6, 6.07) is 13.4. The van der Waals surface area contributed by atoms with Gasteiger partial charge in [0.1, 0.15) is 5.82 Å². The zero-order chi connectivity index (χ0) is 13.2. The lowest BCUT2D eigenvalue weighted by molar-refractivity contribution is 0.102. The Morgan fingerprint density at radius 3 is 2.84 bits per heavy atom. The van der Waals surface area contributed by atoms with E-state index in [1.807, 2.05) is 23.6 Å². The second kappa shape index (κ2) is 4.82. The zero-order valence-corrected chi connectivity index (χ0v) is 10.7. The number of hydrogen-bond acceptors (Lipinski definition) is 2. The van der Waals surface area contributed by atoms with E-state index < -0.39 is 0 Å². The molecular formula is C15H10FNOS. The van der Waals surface area contributed by atoms with Crippen molar-refractivity contribution in [1.29, 1.82) is 0 Å². The molecule has 0 bridgehead atoms. The van der Waals surface area contributed by atoms with E-state index in [4.69, 9.17) is 0 Å². The second-order valence-electron chi connectivity index (χ2n) is 4.14. The number of halogens is 1. The van der Waals surface area contributed by atoms with Gasteiger partial charge in [0.2, 0.25) is 0 Å². The van der Waals surface area contributed by atoms with Crippen molar-refractivity contribution in [1.82, 2.24) is 0 Å². The number of rotatable bonds is 2. The van der Waals surface area contributed by atoms with Crippen LogP contribution in [0, 0.1) is 5.82 Å². The summed E-state index contributed by atoms with van der Waals surface area (Å²) in [5.74, 6) is -0.604. The molecule has 0 unspecified atom stereocenters. The first-order valence-electron chi connectivity index (χ1n) is 5.76. The van der Waals surface area contributed by atoms with Gasteiger partial charge in [-0.05, 0) is 47.2 Å². The number of anilines is 1. The monoisotopic (exact) mass is 271 g/mol. The third kappa shape index (κ3) is 2.48. The Kier molecular flexibility index (Phi) is 3.01. The molecule has 0 radical (unpaired) electrons. The van der Waals surface area contributed by atoms with E-state index in [0.29, 0.717) is 11.3 Å². The average Bonchev–Trinajstić information content (AvgIpc) is 2.85. The molecule has 2 nitrogen and oxygen atoms in total. The molecule has 3 rings (SSSR count). The molecule has 1 aromatic heterocycles. The first-order valence-corrected chi connectivity index (χ1v) is 6.64. The summed E-state index contributed by atoms with van der Waals surface area (Å²) in [5, 5.41) is 5.78. The Bertz CT molecular complexity index is 750. The van der Waals surface area contributed by atoms with Crippen LogP contribution in [0.2, 0.25) is 0 Å². The number of hydrogen-bond donors (Lipinski definition) is 1. The van der Waals surface area contributed by atoms with E-state index in [-0.39, 0.29) is 11.7 Å². The van der Waals surface area contributed by atoms with Crippen LogP contribution in [0.4, 0.5) is 10.1 Å². The van der Waals surface area contributed by atoms with Gasteiger partial charge in [-0.15, -0.1) is 11.3 Å². The Morgan fingerprint density at radius 2 is 2.00 bits per heavy atom. The van der Waals surface area contributed by atoms with Gasteiger partial charge in [0.15, 0.2) is 0 Å². The summed E-state index contributed by atoms with van der Waals surface area (Å²) in [7, 11) is 0. The van der Waals surface area contributed by atoms with Crippen LogP contribution in [0.3, 0.4) is 0 Å². The summed E-state index contributed by atoms with van der Waals surface area (Å²) in [6.45, 7) is 0. The first kappa shape index (κ1) is 11.9. The fourth-order valence-corrected chi connectivity index (χ4v) is 2.69. The van der Waals surface area contributed by atoms with E-state index in [1.54, 1.807) is 29.5 Å². The lowest BCUT2D eigenvalue weighted by Gasteiger charge is -2.05. The molecule has 1 N–H and O–H groups in total. The summed E-state index contributed by atoms with van der Waals surface area (Å²) >= 11 is 1.59. The molecule has 0 aliphatic heterocycles. The van der Waals surface area contributed by atoms with Crippen LogP contribution in [0.5, 0.6) is 0 Å². The van der Waals surface area contributed by atoms with Crippen molar-refractivity contribution in [2.75, 3.05) is 5.32 Å². The van der Waals surface area contributed by atoms with Gasteiger partial charge < -0.3 is 5.32 Å². The fourth-order valence-electron chi connectivity index (χ4n) is 1.87. The van der Waals surface area contributed by atoms with Crippen LogP contribution in [-0.4, -0.2) is 5.91 Å². The normalized spacial score (nSPS) is 10.6. The number of benzene rings is 2. The highest BCUT2D eigenvalue weighted by molar-refractivity contribution is 7.17. The predicted molar refractivity (Wildman–Crippen MR) is 76.2 cm³/mol. The molecule has 94 valence electrons. The highest BCUT2D eigenvalue weighted by Gasteiger charge is 2.07. The number of amides is 1. The molecule has 3 aromatic rings. The van der Waals surface area contributed by atoms with E-state index >= 15 is 0 Å². The maximum absolute atomic E-state index is 13.0.